The number of aromatic nitrogens is 1. The van der Waals surface area contributed by atoms with Crippen molar-refractivity contribution in [2.45, 2.75) is 6.10 Å². The second-order valence-corrected chi connectivity index (χ2v) is 3.25. The molecule has 79 valence electrons. The Labute approximate surface area is 87.2 Å². The molecule has 0 aliphatic carbocycles. The van der Waals surface area contributed by atoms with Crippen molar-refractivity contribution in [1.82, 2.24) is 4.98 Å². The summed E-state index contributed by atoms with van der Waals surface area (Å²) in [7, 11) is 0. The highest BCUT2D eigenvalue weighted by molar-refractivity contribution is 5.86. The van der Waals surface area contributed by atoms with Crippen LogP contribution in [-0.2, 0) is 9.53 Å². The first-order valence-electron chi connectivity index (χ1n) is 4.58. The van der Waals surface area contributed by atoms with E-state index in [2.05, 4.69) is 4.98 Å². The molecule has 1 radical (unpaired) electrons. The summed E-state index contributed by atoms with van der Waals surface area (Å²) in [5.74, 6) is 0.0442. The van der Waals surface area contributed by atoms with Gasteiger partial charge in [0.2, 0.25) is 11.8 Å². The van der Waals surface area contributed by atoms with Crippen LogP contribution < -0.4 is 10.5 Å². The van der Waals surface area contributed by atoms with E-state index in [-0.39, 0.29) is 6.10 Å². The first kappa shape index (κ1) is 9.92. The topological polar surface area (TPSA) is 74.4 Å². The van der Waals surface area contributed by atoms with Crippen LogP contribution in [0.5, 0.6) is 5.88 Å². The van der Waals surface area contributed by atoms with Crippen LogP contribution in [0.25, 0.3) is 0 Å². The Bertz CT molecular complexity index is 346. The Morgan fingerprint density at radius 2 is 2.40 bits per heavy atom. The molecule has 1 aliphatic heterocycles. The third-order valence-electron chi connectivity index (χ3n) is 1.96. The number of hydrogen-bond acceptors (Lipinski definition) is 4. The molecule has 0 unspecified atom stereocenters. The van der Waals surface area contributed by atoms with Gasteiger partial charge >= 0.3 is 0 Å². The zero-order valence-corrected chi connectivity index (χ0v) is 8.05. The molecular formula is C10H11N2O3. The van der Waals surface area contributed by atoms with Gasteiger partial charge in [-0.25, -0.2) is 4.98 Å². The summed E-state index contributed by atoms with van der Waals surface area (Å²) in [5.41, 5.74) is 5.67. The van der Waals surface area contributed by atoms with Gasteiger partial charge in [0.15, 0.2) is 0 Å². The summed E-state index contributed by atoms with van der Waals surface area (Å²) in [6.07, 6.45) is 2.95. The third kappa shape index (κ3) is 2.66. The quantitative estimate of drug-likeness (QED) is 0.748. The summed E-state index contributed by atoms with van der Waals surface area (Å²) in [6, 6.07) is 3.43. The Morgan fingerprint density at radius 1 is 1.60 bits per heavy atom. The van der Waals surface area contributed by atoms with Crippen molar-refractivity contribution in [3.63, 3.8) is 0 Å². The minimum Gasteiger partial charge on any atom is -0.469 e. The van der Waals surface area contributed by atoms with Crippen molar-refractivity contribution >= 4 is 5.91 Å². The van der Waals surface area contributed by atoms with E-state index >= 15 is 0 Å². The summed E-state index contributed by atoms with van der Waals surface area (Å²) in [6.45, 7) is 1.22. The largest absolute Gasteiger partial charge is 0.469 e. The van der Waals surface area contributed by atoms with E-state index in [4.69, 9.17) is 15.2 Å². The Balaban J connectivity index is 1.93. The summed E-state index contributed by atoms with van der Waals surface area (Å²) >= 11 is 0. The van der Waals surface area contributed by atoms with Crippen LogP contribution in [0.3, 0.4) is 0 Å². The predicted octanol–water partition coefficient (Wildman–Crippen LogP) is -0.103. The molecule has 1 aromatic rings. The molecule has 1 saturated heterocycles. The van der Waals surface area contributed by atoms with Crippen molar-refractivity contribution in [2.24, 2.45) is 5.73 Å². The molecule has 0 bridgehead atoms. The maximum Gasteiger partial charge on any atom is 0.226 e. The van der Waals surface area contributed by atoms with Crippen molar-refractivity contribution in [3.8, 4) is 5.88 Å². The van der Waals surface area contributed by atoms with Crippen molar-refractivity contribution in [2.75, 3.05) is 13.2 Å². The van der Waals surface area contributed by atoms with Crippen LogP contribution in [-0.4, -0.2) is 30.2 Å². The van der Waals surface area contributed by atoms with E-state index < -0.39 is 5.91 Å². The molecule has 0 aromatic carbocycles. The summed E-state index contributed by atoms with van der Waals surface area (Å²) in [5, 5.41) is 0. The number of nitrogens with zero attached hydrogens (tertiary/aromatic N) is 1. The van der Waals surface area contributed by atoms with Gasteiger partial charge in [-0.3, -0.25) is 4.79 Å². The van der Waals surface area contributed by atoms with Gasteiger partial charge in [0.25, 0.3) is 0 Å². The molecule has 0 atom stereocenters. The maximum absolute atomic E-state index is 10.6. The van der Waals surface area contributed by atoms with Gasteiger partial charge in [0, 0.05) is 12.3 Å². The number of amides is 1. The highest BCUT2D eigenvalue weighted by Gasteiger charge is 2.20. The number of carbonyl (C=O) groups excluding carboxylic acids is 1. The lowest BCUT2D eigenvalue weighted by molar-refractivity contribution is -0.114. The minimum atomic E-state index is -0.488. The van der Waals surface area contributed by atoms with E-state index in [1.165, 1.54) is 6.42 Å². The fourth-order valence-electron chi connectivity index (χ4n) is 1.16. The molecule has 1 amide bonds. The SMILES string of the molecule is NC(=O)[CH]c1ccc(OC2COC2)nc1. The van der Waals surface area contributed by atoms with E-state index in [0.29, 0.717) is 24.7 Å². The predicted molar refractivity (Wildman–Crippen MR) is 52.1 cm³/mol. The standard InChI is InChI=1S/C10H11N2O3/c11-9(13)3-7-1-2-10(12-4-7)15-8-5-14-6-8/h1-4,8H,5-6H2,(H2,11,13). The van der Waals surface area contributed by atoms with Crippen LogP contribution in [0.2, 0.25) is 0 Å². The molecule has 1 fully saturated rings. The first-order chi connectivity index (χ1) is 7.24. The number of hydrogen-bond donors (Lipinski definition) is 1. The molecule has 2 heterocycles. The number of pyridine rings is 1. The fourth-order valence-corrected chi connectivity index (χ4v) is 1.16. The number of carbonyl (C=O) groups is 1. The van der Waals surface area contributed by atoms with E-state index in [1.807, 2.05) is 0 Å². The molecule has 2 N–H and O–H groups in total. The van der Waals surface area contributed by atoms with Gasteiger partial charge < -0.3 is 15.2 Å². The highest BCUT2D eigenvalue weighted by atomic mass is 16.6. The molecule has 15 heavy (non-hydrogen) atoms. The summed E-state index contributed by atoms with van der Waals surface area (Å²) in [4.78, 5) is 14.6. The molecule has 5 heteroatoms. The fraction of sp³-hybridized carbons (Fsp3) is 0.300. The van der Waals surface area contributed by atoms with Crippen molar-refractivity contribution in [1.29, 1.82) is 0 Å². The molecule has 5 nitrogen and oxygen atoms in total. The van der Waals surface area contributed by atoms with Gasteiger partial charge in [0.1, 0.15) is 6.10 Å². The number of rotatable bonds is 4. The zero-order chi connectivity index (χ0) is 10.7. The van der Waals surface area contributed by atoms with Gasteiger partial charge in [-0.2, -0.15) is 0 Å². The second-order valence-electron chi connectivity index (χ2n) is 3.25. The lowest BCUT2D eigenvalue weighted by atomic mass is 10.2. The van der Waals surface area contributed by atoms with Crippen LogP contribution in [0.1, 0.15) is 5.56 Å². The smallest absolute Gasteiger partial charge is 0.226 e. The minimum absolute atomic E-state index is 0.100. The lowest BCUT2D eigenvalue weighted by Crippen LogP contribution is -2.38. The van der Waals surface area contributed by atoms with E-state index in [1.54, 1.807) is 18.3 Å². The average molecular weight is 207 g/mol. The van der Waals surface area contributed by atoms with Crippen LogP contribution >= 0.6 is 0 Å². The van der Waals surface area contributed by atoms with Crippen LogP contribution in [0.15, 0.2) is 18.3 Å². The number of nitrogens with two attached hydrogens (primary N) is 1. The van der Waals surface area contributed by atoms with Gasteiger partial charge in [-0.05, 0) is 5.56 Å². The van der Waals surface area contributed by atoms with Gasteiger partial charge in [0.05, 0.1) is 19.6 Å². The third-order valence-corrected chi connectivity index (χ3v) is 1.96. The monoisotopic (exact) mass is 207 g/mol. The highest BCUT2D eigenvalue weighted by Crippen LogP contribution is 2.13. The van der Waals surface area contributed by atoms with Crippen LogP contribution in [0, 0.1) is 6.42 Å². The summed E-state index contributed by atoms with van der Waals surface area (Å²) < 4.78 is 10.4. The lowest BCUT2D eigenvalue weighted by Gasteiger charge is -2.25. The van der Waals surface area contributed by atoms with Crippen molar-refractivity contribution < 1.29 is 14.3 Å². The van der Waals surface area contributed by atoms with E-state index in [0.717, 1.165) is 0 Å². The van der Waals surface area contributed by atoms with Gasteiger partial charge in [-0.15, -0.1) is 0 Å². The molecular weight excluding hydrogens is 196 g/mol. The number of primary amides is 1. The molecule has 2 rings (SSSR count). The molecule has 0 saturated carbocycles. The second kappa shape index (κ2) is 4.27. The maximum atomic E-state index is 10.6. The first-order valence-corrected chi connectivity index (χ1v) is 4.58. The van der Waals surface area contributed by atoms with Gasteiger partial charge in [-0.1, -0.05) is 6.07 Å². The Kier molecular flexibility index (Phi) is 2.82. The molecule has 1 aromatic heterocycles. The average Bonchev–Trinajstić information content (AvgIpc) is 2.13. The number of ether oxygens (including phenoxy) is 2. The molecule has 1 aliphatic rings. The zero-order valence-electron chi connectivity index (χ0n) is 8.05. The van der Waals surface area contributed by atoms with E-state index in [9.17, 15) is 4.79 Å². The molecule has 0 spiro atoms. The normalized spacial score (nSPS) is 15.7. The van der Waals surface area contributed by atoms with Crippen molar-refractivity contribution in [3.05, 3.63) is 30.3 Å². The Hall–Kier alpha value is -1.62. The van der Waals surface area contributed by atoms with Crippen LogP contribution in [0.4, 0.5) is 0 Å². The Morgan fingerprint density at radius 3 is 2.87 bits per heavy atom.